The fourth-order valence-electron chi connectivity index (χ4n) is 4.22. The van der Waals surface area contributed by atoms with Crippen LogP contribution in [0, 0.1) is 13.8 Å². The molecule has 7 nitrogen and oxygen atoms in total. The molecule has 1 atom stereocenters. The van der Waals surface area contributed by atoms with Gasteiger partial charge >= 0.3 is 0 Å². The summed E-state index contributed by atoms with van der Waals surface area (Å²) < 4.78 is 5.77. The Hall–Kier alpha value is -3.65. The SMILES string of the molecule is Cc1ccc(NC(=O)[C@@H](C)Oc2ccc(C(=O)Nc3sc4c(c3C(N)=O)CCCC4)cc2)c(C)c1. The van der Waals surface area contributed by atoms with Crippen LogP contribution in [0.15, 0.2) is 42.5 Å². The van der Waals surface area contributed by atoms with Gasteiger partial charge in [-0.3, -0.25) is 14.4 Å². The molecule has 1 aromatic heterocycles. The number of amides is 3. The molecule has 1 heterocycles. The number of rotatable bonds is 7. The van der Waals surface area contributed by atoms with Gasteiger partial charge in [-0.05, 0) is 87.9 Å². The fraction of sp³-hybridized carbons (Fsp3) is 0.296. The Morgan fingerprint density at radius 2 is 1.71 bits per heavy atom. The van der Waals surface area contributed by atoms with Crippen molar-refractivity contribution >= 4 is 39.7 Å². The predicted molar refractivity (Wildman–Crippen MR) is 139 cm³/mol. The number of fused-ring (bicyclic) bond motifs is 1. The molecule has 3 amide bonds. The van der Waals surface area contributed by atoms with Crippen molar-refractivity contribution in [2.75, 3.05) is 10.6 Å². The number of hydrogen-bond donors (Lipinski definition) is 3. The van der Waals surface area contributed by atoms with Crippen molar-refractivity contribution in [3.8, 4) is 5.75 Å². The minimum atomic E-state index is -0.731. The van der Waals surface area contributed by atoms with Crippen molar-refractivity contribution < 1.29 is 19.1 Å². The molecule has 1 aliphatic rings. The second kappa shape index (κ2) is 10.3. The number of nitrogens with one attached hydrogen (secondary N) is 2. The van der Waals surface area contributed by atoms with Gasteiger partial charge in [-0.15, -0.1) is 11.3 Å². The highest BCUT2D eigenvalue weighted by molar-refractivity contribution is 7.17. The van der Waals surface area contributed by atoms with E-state index in [0.717, 1.165) is 52.9 Å². The number of primary amides is 1. The zero-order valence-electron chi connectivity index (χ0n) is 20.1. The summed E-state index contributed by atoms with van der Waals surface area (Å²) in [6.07, 6.45) is 3.06. The van der Waals surface area contributed by atoms with Gasteiger partial charge in [-0.2, -0.15) is 0 Å². The van der Waals surface area contributed by atoms with Gasteiger partial charge in [0.05, 0.1) is 5.56 Å². The largest absolute Gasteiger partial charge is 0.481 e. The third-order valence-electron chi connectivity index (χ3n) is 6.08. The van der Waals surface area contributed by atoms with Crippen LogP contribution in [0.3, 0.4) is 0 Å². The van der Waals surface area contributed by atoms with Crippen LogP contribution in [0.1, 0.15) is 62.0 Å². The van der Waals surface area contributed by atoms with E-state index in [-0.39, 0.29) is 11.8 Å². The van der Waals surface area contributed by atoms with Crippen LogP contribution in [0.25, 0.3) is 0 Å². The number of hydrogen-bond acceptors (Lipinski definition) is 5. The Balaban J connectivity index is 1.40. The number of carbonyl (C=O) groups excluding carboxylic acids is 3. The van der Waals surface area contributed by atoms with Crippen LogP contribution >= 0.6 is 11.3 Å². The Morgan fingerprint density at radius 3 is 2.40 bits per heavy atom. The molecule has 0 fully saturated rings. The lowest BCUT2D eigenvalue weighted by Crippen LogP contribution is -2.30. The predicted octanol–water partition coefficient (Wildman–Crippen LogP) is 5.00. The van der Waals surface area contributed by atoms with Crippen LogP contribution in [0.5, 0.6) is 5.75 Å². The van der Waals surface area contributed by atoms with Gasteiger partial charge in [0.15, 0.2) is 6.10 Å². The lowest BCUT2D eigenvalue weighted by Gasteiger charge is -2.16. The second-order valence-corrected chi connectivity index (χ2v) is 9.93. The number of carbonyl (C=O) groups is 3. The summed E-state index contributed by atoms with van der Waals surface area (Å²) in [7, 11) is 0. The summed E-state index contributed by atoms with van der Waals surface area (Å²) in [5.74, 6) is -0.650. The standard InChI is InChI=1S/C27H29N3O4S/c1-15-8-13-21(16(2)14-15)29-25(32)17(3)34-19-11-9-18(10-12-19)26(33)30-27-23(24(28)31)20-6-4-5-7-22(20)35-27/h8-14,17H,4-7H2,1-3H3,(H2,28,31)(H,29,32)(H,30,33)/t17-/m1/s1. The van der Waals surface area contributed by atoms with Gasteiger partial charge in [0, 0.05) is 16.1 Å². The van der Waals surface area contributed by atoms with E-state index in [1.54, 1.807) is 31.2 Å². The normalized spacial score (nSPS) is 13.5. The summed E-state index contributed by atoms with van der Waals surface area (Å²) in [6.45, 7) is 5.61. The Labute approximate surface area is 208 Å². The molecular formula is C27H29N3O4S. The Bertz CT molecular complexity index is 1280. The summed E-state index contributed by atoms with van der Waals surface area (Å²) >= 11 is 1.43. The molecule has 0 bridgehead atoms. The van der Waals surface area contributed by atoms with E-state index in [2.05, 4.69) is 10.6 Å². The summed E-state index contributed by atoms with van der Waals surface area (Å²) in [6, 6.07) is 12.3. The zero-order valence-corrected chi connectivity index (χ0v) is 20.9. The van der Waals surface area contributed by atoms with E-state index in [1.165, 1.54) is 11.3 Å². The van der Waals surface area contributed by atoms with Crippen molar-refractivity contribution in [3.05, 3.63) is 75.2 Å². The molecule has 4 rings (SSSR count). The van der Waals surface area contributed by atoms with Crippen molar-refractivity contribution in [2.24, 2.45) is 5.73 Å². The van der Waals surface area contributed by atoms with Gasteiger partial charge in [-0.25, -0.2) is 0 Å². The fourth-order valence-corrected chi connectivity index (χ4v) is 5.51. The van der Waals surface area contributed by atoms with E-state index < -0.39 is 12.0 Å². The van der Waals surface area contributed by atoms with Crippen molar-refractivity contribution in [3.63, 3.8) is 0 Å². The molecule has 0 spiro atoms. The molecule has 182 valence electrons. The van der Waals surface area contributed by atoms with Gasteiger partial charge < -0.3 is 21.1 Å². The molecule has 0 saturated heterocycles. The first kappa shape index (κ1) is 24.5. The number of thiophene rings is 1. The van der Waals surface area contributed by atoms with Crippen LogP contribution in [0.4, 0.5) is 10.7 Å². The molecule has 2 aromatic carbocycles. The highest BCUT2D eigenvalue weighted by atomic mass is 32.1. The number of aryl methyl sites for hydroxylation is 3. The molecule has 35 heavy (non-hydrogen) atoms. The topological polar surface area (TPSA) is 111 Å². The molecule has 0 radical (unpaired) electrons. The summed E-state index contributed by atoms with van der Waals surface area (Å²) in [5, 5.41) is 6.24. The molecule has 8 heteroatoms. The van der Waals surface area contributed by atoms with E-state index in [9.17, 15) is 14.4 Å². The molecule has 0 aliphatic heterocycles. The Morgan fingerprint density at radius 1 is 1.00 bits per heavy atom. The zero-order chi connectivity index (χ0) is 25.1. The molecule has 4 N–H and O–H groups in total. The monoisotopic (exact) mass is 491 g/mol. The van der Waals surface area contributed by atoms with Crippen LogP contribution in [-0.2, 0) is 17.6 Å². The minimum Gasteiger partial charge on any atom is -0.481 e. The number of benzene rings is 2. The molecule has 0 saturated carbocycles. The maximum absolute atomic E-state index is 12.8. The van der Waals surface area contributed by atoms with Gasteiger partial charge in [-0.1, -0.05) is 17.7 Å². The first-order valence-corrected chi connectivity index (χ1v) is 12.4. The maximum atomic E-state index is 12.8. The third kappa shape index (κ3) is 5.54. The second-order valence-electron chi connectivity index (χ2n) is 8.83. The summed E-state index contributed by atoms with van der Waals surface area (Å²) in [5.41, 5.74) is 10.3. The minimum absolute atomic E-state index is 0.264. The van der Waals surface area contributed by atoms with Crippen molar-refractivity contribution in [1.82, 2.24) is 0 Å². The van der Waals surface area contributed by atoms with Crippen molar-refractivity contribution in [1.29, 1.82) is 0 Å². The maximum Gasteiger partial charge on any atom is 0.265 e. The van der Waals surface area contributed by atoms with Gasteiger partial charge in [0.2, 0.25) is 0 Å². The third-order valence-corrected chi connectivity index (χ3v) is 7.29. The smallest absolute Gasteiger partial charge is 0.265 e. The quantitative estimate of drug-likeness (QED) is 0.432. The first-order chi connectivity index (χ1) is 16.7. The number of anilines is 2. The van der Waals surface area contributed by atoms with E-state index in [1.807, 2.05) is 32.0 Å². The summed E-state index contributed by atoms with van der Waals surface area (Å²) in [4.78, 5) is 38.6. The van der Waals surface area contributed by atoms with Gasteiger partial charge in [0.1, 0.15) is 10.8 Å². The van der Waals surface area contributed by atoms with Crippen molar-refractivity contribution in [2.45, 2.75) is 52.6 Å². The van der Waals surface area contributed by atoms with E-state index in [4.69, 9.17) is 10.5 Å². The molecule has 3 aromatic rings. The number of ether oxygens (including phenoxy) is 1. The van der Waals surface area contributed by atoms with Gasteiger partial charge in [0.25, 0.3) is 17.7 Å². The average molecular weight is 492 g/mol. The lowest BCUT2D eigenvalue weighted by molar-refractivity contribution is -0.122. The van der Waals surface area contributed by atoms with Crippen LogP contribution in [-0.4, -0.2) is 23.8 Å². The molecule has 1 aliphatic carbocycles. The van der Waals surface area contributed by atoms with Crippen LogP contribution < -0.4 is 21.1 Å². The van der Waals surface area contributed by atoms with E-state index >= 15 is 0 Å². The number of nitrogens with two attached hydrogens (primary N) is 1. The Kier molecular flexibility index (Phi) is 7.21. The highest BCUT2D eigenvalue weighted by Gasteiger charge is 2.25. The molecule has 0 unspecified atom stereocenters. The molecular weight excluding hydrogens is 462 g/mol. The highest BCUT2D eigenvalue weighted by Crippen LogP contribution is 2.38. The average Bonchev–Trinajstić information content (AvgIpc) is 3.19. The van der Waals surface area contributed by atoms with Crippen LogP contribution in [0.2, 0.25) is 0 Å². The first-order valence-electron chi connectivity index (χ1n) is 11.6. The van der Waals surface area contributed by atoms with E-state index in [0.29, 0.717) is 21.9 Å². The lowest BCUT2D eigenvalue weighted by atomic mass is 9.95.